The van der Waals surface area contributed by atoms with Crippen LogP contribution < -0.4 is 5.32 Å². The van der Waals surface area contributed by atoms with Crippen molar-refractivity contribution in [2.24, 2.45) is 0 Å². The van der Waals surface area contributed by atoms with Gasteiger partial charge in [0, 0.05) is 18.6 Å². The van der Waals surface area contributed by atoms with Crippen LogP contribution in [0, 0.1) is 12.3 Å². The summed E-state index contributed by atoms with van der Waals surface area (Å²) < 4.78 is 0. The Morgan fingerprint density at radius 3 is 2.73 bits per heavy atom. The van der Waals surface area contributed by atoms with Gasteiger partial charge in [0.1, 0.15) is 0 Å². The zero-order valence-electron chi connectivity index (χ0n) is 10.3. The Bertz CT molecular complexity index is 217. The molecule has 1 heterocycles. The zero-order valence-corrected chi connectivity index (χ0v) is 10.3. The van der Waals surface area contributed by atoms with E-state index in [1.807, 2.05) is 0 Å². The van der Waals surface area contributed by atoms with Crippen LogP contribution >= 0.6 is 0 Å². The molecule has 2 heteroatoms. The average molecular weight is 208 g/mol. The van der Waals surface area contributed by atoms with E-state index >= 15 is 0 Å². The molecule has 0 bridgehead atoms. The molecule has 2 unspecified atom stereocenters. The third kappa shape index (κ3) is 3.85. The Labute approximate surface area is 94.4 Å². The van der Waals surface area contributed by atoms with E-state index in [9.17, 15) is 0 Å². The second-order valence-electron chi connectivity index (χ2n) is 4.75. The average Bonchev–Trinajstić information content (AvgIpc) is 2.65. The number of terminal acetylenes is 1. The lowest BCUT2D eigenvalue weighted by Gasteiger charge is -2.22. The third-order valence-electron chi connectivity index (χ3n) is 3.17. The molecule has 0 amide bonds. The fourth-order valence-electron chi connectivity index (χ4n) is 2.18. The largest absolute Gasteiger partial charge is 0.300 e. The molecular weight excluding hydrogens is 184 g/mol. The fraction of sp³-hybridized carbons (Fsp3) is 0.846. The van der Waals surface area contributed by atoms with E-state index in [1.54, 1.807) is 0 Å². The van der Waals surface area contributed by atoms with Crippen molar-refractivity contribution in [3.63, 3.8) is 0 Å². The number of nitrogens with zero attached hydrogens (tertiary/aromatic N) is 1. The van der Waals surface area contributed by atoms with Gasteiger partial charge in [-0.1, -0.05) is 19.3 Å². The fourth-order valence-corrected chi connectivity index (χ4v) is 2.18. The van der Waals surface area contributed by atoms with Crippen molar-refractivity contribution < 1.29 is 0 Å². The maximum Gasteiger partial charge on any atom is 0.0689 e. The molecule has 2 atom stereocenters. The summed E-state index contributed by atoms with van der Waals surface area (Å²) in [7, 11) is 0. The second-order valence-corrected chi connectivity index (χ2v) is 4.75. The number of nitrogens with one attached hydrogen (secondary N) is 1. The summed E-state index contributed by atoms with van der Waals surface area (Å²) in [6, 6.07) is 1.53. The van der Waals surface area contributed by atoms with Gasteiger partial charge in [0.25, 0.3) is 0 Å². The molecule has 15 heavy (non-hydrogen) atoms. The Hall–Kier alpha value is -0.520. The normalized spacial score (nSPS) is 24.3. The van der Waals surface area contributed by atoms with Crippen LogP contribution in [0.25, 0.3) is 0 Å². The van der Waals surface area contributed by atoms with Gasteiger partial charge in [0.2, 0.25) is 0 Å². The smallest absolute Gasteiger partial charge is 0.0689 e. The highest BCUT2D eigenvalue weighted by Crippen LogP contribution is 2.13. The molecule has 1 N–H and O–H groups in total. The molecule has 0 spiro atoms. The molecule has 0 saturated carbocycles. The lowest BCUT2D eigenvalue weighted by molar-refractivity contribution is 0.266. The van der Waals surface area contributed by atoms with Gasteiger partial charge in [-0.2, -0.15) is 0 Å². The lowest BCUT2D eigenvalue weighted by atomic mass is 10.1. The van der Waals surface area contributed by atoms with Crippen LogP contribution in [0.5, 0.6) is 0 Å². The van der Waals surface area contributed by atoms with Crippen molar-refractivity contribution in [2.75, 3.05) is 13.1 Å². The number of hydrogen-bond acceptors (Lipinski definition) is 2. The van der Waals surface area contributed by atoms with Gasteiger partial charge in [-0.05, 0) is 33.2 Å². The van der Waals surface area contributed by atoms with Gasteiger partial charge in [0.05, 0.1) is 6.04 Å². The summed E-state index contributed by atoms with van der Waals surface area (Å²) in [5.41, 5.74) is 0. The molecule has 0 aliphatic carbocycles. The molecule has 1 saturated heterocycles. The van der Waals surface area contributed by atoms with Crippen LogP contribution in [0.4, 0.5) is 0 Å². The number of rotatable bonds is 5. The maximum atomic E-state index is 5.51. The van der Waals surface area contributed by atoms with Crippen molar-refractivity contribution in [2.45, 2.75) is 58.2 Å². The molecular formula is C13H24N2. The van der Waals surface area contributed by atoms with E-state index in [0.717, 1.165) is 19.4 Å². The van der Waals surface area contributed by atoms with Crippen LogP contribution in [0.2, 0.25) is 0 Å². The topological polar surface area (TPSA) is 15.3 Å². The molecule has 0 aromatic rings. The van der Waals surface area contributed by atoms with Gasteiger partial charge in [0.15, 0.2) is 0 Å². The van der Waals surface area contributed by atoms with Gasteiger partial charge < -0.3 is 0 Å². The van der Waals surface area contributed by atoms with Crippen LogP contribution in [-0.4, -0.2) is 36.1 Å². The predicted octanol–water partition coefficient (Wildman–Crippen LogP) is 1.86. The third-order valence-corrected chi connectivity index (χ3v) is 3.17. The molecule has 0 radical (unpaired) electrons. The summed E-state index contributed by atoms with van der Waals surface area (Å²) in [6.45, 7) is 9.06. The minimum absolute atomic E-state index is 0.270. The molecule has 1 rings (SSSR count). The highest BCUT2D eigenvalue weighted by molar-refractivity contribution is 5.00. The Morgan fingerprint density at radius 2 is 2.27 bits per heavy atom. The summed E-state index contributed by atoms with van der Waals surface area (Å²) >= 11 is 0. The SMILES string of the molecule is C#CC(CCC)NC1CCN(C(C)C)C1. The van der Waals surface area contributed by atoms with E-state index in [2.05, 4.69) is 36.9 Å². The quantitative estimate of drug-likeness (QED) is 0.694. The van der Waals surface area contributed by atoms with Crippen LogP contribution in [0.1, 0.15) is 40.0 Å². The Kier molecular flexibility index (Phi) is 5.14. The van der Waals surface area contributed by atoms with E-state index in [1.165, 1.54) is 13.0 Å². The first kappa shape index (κ1) is 12.5. The molecule has 0 aromatic heterocycles. The van der Waals surface area contributed by atoms with Gasteiger partial charge >= 0.3 is 0 Å². The van der Waals surface area contributed by atoms with E-state index in [4.69, 9.17) is 6.42 Å². The first-order valence-corrected chi connectivity index (χ1v) is 6.13. The highest BCUT2D eigenvalue weighted by atomic mass is 15.2. The van der Waals surface area contributed by atoms with Crippen molar-refractivity contribution >= 4 is 0 Å². The molecule has 1 fully saturated rings. The van der Waals surface area contributed by atoms with Crippen LogP contribution in [0.3, 0.4) is 0 Å². The number of hydrogen-bond donors (Lipinski definition) is 1. The summed E-state index contributed by atoms with van der Waals surface area (Å²) in [5.74, 6) is 2.84. The van der Waals surface area contributed by atoms with E-state index < -0.39 is 0 Å². The first-order chi connectivity index (χ1) is 7.17. The molecule has 2 nitrogen and oxygen atoms in total. The molecule has 1 aliphatic heterocycles. The Balaban J connectivity index is 2.32. The van der Waals surface area contributed by atoms with Crippen LogP contribution in [0.15, 0.2) is 0 Å². The van der Waals surface area contributed by atoms with Gasteiger partial charge in [-0.25, -0.2) is 0 Å². The van der Waals surface area contributed by atoms with Gasteiger partial charge in [-0.15, -0.1) is 6.42 Å². The molecule has 1 aliphatic rings. The Morgan fingerprint density at radius 1 is 1.53 bits per heavy atom. The highest BCUT2D eigenvalue weighted by Gasteiger charge is 2.25. The summed E-state index contributed by atoms with van der Waals surface area (Å²) in [5, 5.41) is 3.57. The lowest BCUT2D eigenvalue weighted by Crippen LogP contribution is -2.40. The summed E-state index contributed by atoms with van der Waals surface area (Å²) in [4.78, 5) is 2.51. The minimum Gasteiger partial charge on any atom is -0.300 e. The van der Waals surface area contributed by atoms with Crippen LogP contribution in [-0.2, 0) is 0 Å². The van der Waals surface area contributed by atoms with Crippen molar-refractivity contribution in [1.29, 1.82) is 0 Å². The predicted molar refractivity (Wildman–Crippen MR) is 65.8 cm³/mol. The minimum atomic E-state index is 0.270. The maximum absolute atomic E-state index is 5.51. The molecule has 86 valence electrons. The zero-order chi connectivity index (χ0) is 11.3. The molecule has 0 aromatic carbocycles. The van der Waals surface area contributed by atoms with Crippen molar-refractivity contribution in [3.05, 3.63) is 0 Å². The first-order valence-electron chi connectivity index (χ1n) is 6.13. The van der Waals surface area contributed by atoms with E-state index in [0.29, 0.717) is 12.1 Å². The summed E-state index contributed by atoms with van der Waals surface area (Å²) in [6.07, 6.45) is 8.99. The van der Waals surface area contributed by atoms with E-state index in [-0.39, 0.29) is 6.04 Å². The number of likely N-dealkylation sites (tertiary alicyclic amines) is 1. The standard InChI is InChI=1S/C13H24N2/c1-5-7-12(6-2)14-13-8-9-15(10-13)11(3)4/h2,11-14H,5,7-10H2,1,3-4H3. The second kappa shape index (κ2) is 6.15. The van der Waals surface area contributed by atoms with Crippen molar-refractivity contribution in [3.8, 4) is 12.3 Å². The van der Waals surface area contributed by atoms with Gasteiger partial charge in [-0.3, -0.25) is 10.2 Å². The van der Waals surface area contributed by atoms with Crippen molar-refractivity contribution in [1.82, 2.24) is 10.2 Å². The monoisotopic (exact) mass is 208 g/mol.